The number of benzene rings is 1. The van der Waals surface area contributed by atoms with Gasteiger partial charge in [0.15, 0.2) is 11.8 Å². The van der Waals surface area contributed by atoms with Crippen LogP contribution in [0.3, 0.4) is 0 Å². The van der Waals surface area contributed by atoms with Crippen molar-refractivity contribution >= 4 is 23.1 Å². The minimum Gasteiger partial charge on any atom is -0.360 e. The molecule has 0 aliphatic carbocycles. The number of amides is 1. The third-order valence-corrected chi connectivity index (χ3v) is 5.81. The Hall–Kier alpha value is -2.67. The van der Waals surface area contributed by atoms with Crippen LogP contribution in [0.1, 0.15) is 35.6 Å². The number of nitrogens with one attached hydrogen (secondary N) is 2. The van der Waals surface area contributed by atoms with Crippen LogP contribution in [0.2, 0.25) is 0 Å². The van der Waals surface area contributed by atoms with E-state index < -0.39 is 0 Å². The summed E-state index contributed by atoms with van der Waals surface area (Å²) in [5, 5.41) is 7.43. The third kappa shape index (κ3) is 4.09. The van der Waals surface area contributed by atoms with Crippen molar-refractivity contribution in [1.82, 2.24) is 9.78 Å². The predicted molar refractivity (Wildman–Crippen MR) is 110 cm³/mol. The van der Waals surface area contributed by atoms with E-state index in [0.29, 0.717) is 0 Å². The van der Waals surface area contributed by atoms with Gasteiger partial charge in [-0.3, -0.25) is 14.3 Å². The lowest BCUT2D eigenvalue weighted by molar-refractivity contribution is -0.914. The van der Waals surface area contributed by atoms with Gasteiger partial charge in [0.25, 0.3) is 5.91 Å². The summed E-state index contributed by atoms with van der Waals surface area (Å²) in [6.07, 6.45) is 0. The molecule has 7 heteroatoms. The van der Waals surface area contributed by atoms with Crippen LogP contribution in [0.5, 0.6) is 0 Å². The highest BCUT2D eigenvalue weighted by atomic mass is 16.2. The molecule has 0 bridgehead atoms. The lowest BCUT2D eigenvalue weighted by Crippen LogP contribution is -3.19. The molecule has 2 N–H and O–H groups in total. The number of anilines is 2. The van der Waals surface area contributed by atoms with E-state index in [0.717, 1.165) is 54.5 Å². The summed E-state index contributed by atoms with van der Waals surface area (Å²) in [7, 11) is 1.88. The second-order valence-corrected chi connectivity index (χ2v) is 7.63. The first kappa shape index (κ1) is 20.1. The molecule has 1 amide bonds. The molecule has 0 radical (unpaired) electrons. The number of Topliss-reactive ketones (excluding diaryl/α,β-unsaturated/α-hetero) is 1. The molecule has 0 unspecified atom stereocenters. The van der Waals surface area contributed by atoms with Crippen molar-refractivity contribution in [3.05, 3.63) is 41.2 Å². The largest absolute Gasteiger partial charge is 0.360 e. The maximum Gasteiger partial charge on any atom is 0.282 e. The fraction of sp³-hybridized carbons (Fsp3) is 0.476. The van der Waals surface area contributed by atoms with Gasteiger partial charge in [-0.05, 0) is 52.0 Å². The lowest BCUT2D eigenvalue weighted by atomic mass is 10.1. The summed E-state index contributed by atoms with van der Waals surface area (Å²) in [5.74, 6) is 0.119. The molecular formula is C21H30N5O2+. The molecule has 1 atom stereocenters. The fourth-order valence-corrected chi connectivity index (χ4v) is 3.76. The number of aromatic nitrogens is 2. The van der Waals surface area contributed by atoms with E-state index >= 15 is 0 Å². The van der Waals surface area contributed by atoms with Crippen molar-refractivity contribution in [3.63, 3.8) is 0 Å². The van der Waals surface area contributed by atoms with Crippen LogP contribution in [0.25, 0.3) is 0 Å². The van der Waals surface area contributed by atoms with E-state index in [1.165, 1.54) is 4.90 Å². The van der Waals surface area contributed by atoms with E-state index in [9.17, 15) is 9.59 Å². The molecule has 28 heavy (non-hydrogen) atoms. The van der Waals surface area contributed by atoms with Gasteiger partial charge in [-0.25, -0.2) is 0 Å². The smallest absolute Gasteiger partial charge is 0.282 e. The monoisotopic (exact) mass is 384 g/mol. The van der Waals surface area contributed by atoms with Crippen molar-refractivity contribution in [2.24, 2.45) is 7.05 Å². The number of rotatable bonds is 5. The van der Waals surface area contributed by atoms with Crippen molar-refractivity contribution in [1.29, 1.82) is 0 Å². The summed E-state index contributed by atoms with van der Waals surface area (Å²) < 4.78 is 1.79. The Bertz CT molecular complexity index is 864. The average molecular weight is 385 g/mol. The Kier molecular flexibility index (Phi) is 5.84. The maximum absolute atomic E-state index is 12.8. The highest BCUT2D eigenvalue weighted by Gasteiger charge is 2.30. The summed E-state index contributed by atoms with van der Waals surface area (Å²) in [4.78, 5) is 27.8. The molecule has 150 valence electrons. The number of carbonyl (C=O) groups is 2. The summed E-state index contributed by atoms with van der Waals surface area (Å²) in [5.41, 5.74) is 4.49. The first-order valence-corrected chi connectivity index (χ1v) is 9.79. The van der Waals surface area contributed by atoms with Crippen LogP contribution >= 0.6 is 0 Å². The van der Waals surface area contributed by atoms with Crippen molar-refractivity contribution in [3.8, 4) is 0 Å². The fourth-order valence-electron chi connectivity index (χ4n) is 3.76. The molecule has 1 aromatic carbocycles. The molecule has 2 heterocycles. The highest BCUT2D eigenvalue weighted by molar-refractivity contribution is 5.95. The Balaban J connectivity index is 1.57. The number of ketones is 1. The summed E-state index contributed by atoms with van der Waals surface area (Å²) >= 11 is 0. The van der Waals surface area contributed by atoms with Gasteiger partial charge < -0.3 is 15.1 Å². The standard InChI is InChI=1S/C21H29N5O2/c1-14-20(15(2)24(5)23-14)22-21(28)16(3)25-10-12-26(13-11-25)19-8-6-18(7-9-19)17(4)27/h6-9,16H,10-13H2,1-5H3,(H,22,28)/p+1/t16-/m0/s1. The number of hydrogen-bond acceptors (Lipinski definition) is 4. The summed E-state index contributed by atoms with van der Waals surface area (Å²) in [6.45, 7) is 11.0. The summed E-state index contributed by atoms with van der Waals surface area (Å²) in [6, 6.07) is 7.65. The Morgan fingerprint density at radius 2 is 1.75 bits per heavy atom. The first-order chi connectivity index (χ1) is 13.3. The predicted octanol–water partition coefficient (Wildman–Crippen LogP) is 0.972. The van der Waals surface area contributed by atoms with Gasteiger partial charge in [0.05, 0.1) is 43.3 Å². The SMILES string of the molecule is CC(=O)c1ccc(N2CC[NH+]([C@@H](C)C(=O)Nc3c(C)nn(C)c3C)CC2)cc1. The van der Waals surface area contributed by atoms with Gasteiger partial charge in [-0.15, -0.1) is 0 Å². The molecule has 2 aromatic rings. The van der Waals surface area contributed by atoms with Crippen LogP contribution in [0, 0.1) is 13.8 Å². The highest BCUT2D eigenvalue weighted by Crippen LogP contribution is 2.18. The first-order valence-electron chi connectivity index (χ1n) is 9.79. The van der Waals surface area contributed by atoms with Gasteiger partial charge in [0.2, 0.25) is 0 Å². The van der Waals surface area contributed by atoms with E-state index in [-0.39, 0.29) is 17.7 Å². The number of aryl methyl sites for hydroxylation is 2. The van der Waals surface area contributed by atoms with Crippen molar-refractivity contribution < 1.29 is 14.5 Å². The van der Waals surface area contributed by atoms with E-state index in [1.807, 2.05) is 52.1 Å². The van der Waals surface area contributed by atoms with E-state index in [1.54, 1.807) is 11.6 Å². The lowest BCUT2D eigenvalue weighted by Gasteiger charge is -2.36. The number of quaternary nitrogens is 1. The Labute approximate surface area is 166 Å². The van der Waals surface area contributed by atoms with E-state index in [2.05, 4.69) is 15.3 Å². The van der Waals surface area contributed by atoms with Crippen LogP contribution in [-0.4, -0.2) is 53.7 Å². The maximum atomic E-state index is 12.8. The third-order valence-electron chi connectivity index (χ3n) is 5.81. The normalized spacial score (nSPS) is 16.1. The second kappa shape index (κ2) is 8.14. The molecule has 7 nitrogen and oxygen atoms in total. The van der Waals surface area contributed by atoms with Crippen molar-refractivity contribution in [2.75, 3.05) is 36.4 Å². The molecule has 1 aliphatic rings. The molecule has 3 rings (SSSR count). The van der Waals surface area contributed by atoms with Gasteiger partial charge in [-0.1, -0.05) is 0 Å². The Morgan fingerprint density at radius 3 is 2.25 bits per heavy atom. The van der Waals surface area contributed by atoms with E-state index in [4.69, 9.17) is 0 Å². The molecule has 1 fully saturated rings. The minimum atomic E-state index is -0.124. The molecule has 0 saturated carbocycles. The number of hydrogen-bond donors (Lipinski definition) is 2. The molecular weight excluding hydrogens is 354 g/mol. The molecule has 1 aromatic heterocycles. The van der Waals surface area contributed by atoms with Crippen LogP contribution in [0.4, 0.5) is 11.4 Å². The number of piperazine rings is 1. The molecule has 1 saturated heterocycles. The topological polar surface area (TPSA) is 71.7 Å². The van der Waals surface area contributed by atoms with Crippen molar-refractivity contribution in [2.45, 2.75) is 33.7 Å². The number of nitrogens with zero attached hydrogens (tertiary/aromatic N) is 3. The van der Waals surface area contributed by atoms with Crippen LogP contribution in [-0.2, 0) is 11.8 Å². The molecule has 1 aliphatic heterocycles. The van der Waals surface area contributed by atoms with Gasteiger partial charge >= 0.3 is 0 Å². The van der Waals surface area contributed by atoms with Crippen LogP contribution in [0.15, 0.2) is 24.3 Å². The zero-order valence-corrected chi connectivity index (χ0v) is 17.4. The Morgan fingerprint density at radius 1 is 1.14 bits per heavy atom. The molecule has 0 spiro atoms. The van der Waals surface area contributed by atoms with Gasteiger partial charge in [0, 0.05) is 18.3 Å². The van der Waals surface area contributed by atoms with Gasteiger partial charge in [-0.2, -0.15) is 5.10 Å². The minimum absolute atomic E-state index is 0.0356. The zero-order valence-electron chi connectivity index (χ0n) is 17.4. The van der Waals surface area contributed by atoms with Crippen LogP contribution < -0.4 is 15.1 Å². The zero-order chi connectivity index (χ0) is 20.4. The second-order valence-electron chi connectivity index (χ2n) is 7.63. The quantitative estimate of drug-likeness (QED) is 0.754. The number of carbonyl (C=O) groups excluding carboxylic acids is 2. The average Bonchev–Trinajstić information content (AvgIpc) is 2.93. The van der Waals surface area contributed by atoms with Gasteiger partial charge in [0.1, 0.15) is 0 Å².